The minimum absolute atomic E-state index is 0.0602. The van der Waals surface area contributed by atoms with Crippen molar-refractivity contribution in [1.82, 2.24) is 9.80 Å². The number of amides is 2. The van der Waals surface area contributed by atoms with Crippen molar-refractivity contribution in [2.45, 2.75) is 31.8 Å². The van der Waals surface area contributed by atoms with E-state index in [9.17, 15) is 14.4 Å². The lowest BCUT2D eigenvalue weighted by Gasteiger charge is -2.40. The van der Waals surface area contributed by atoms with Gasteiger partial charge in [-0.25, -0.2) is 0 Å². The molecule has 6 nitrogen and oxygen atoms in total. The van der Waals surface area contributed by atoms with Gasteiger partial charge in [-0.05, 0) is 36.1 Å². The van der Waals surface area contributed by atoms with E-state index in [4.69, 9.17) is 4.42 Å². The van der Waals surface area contributed by atoms with Crippen LogP contribution in [0.3, 0.4) is 0 Å². The molecule has 0 bridgehead atoms. The highest BCUT2D eigenvalue weighted by molar-refractivity contribution is 5.98. The molecule has 1 aromatic heterocycles. The summed E-state index contributed by atoms with van der Waals surface area (Å²) in [5, 5.41) is 0. The van der Waals surface area contributed by atoms with Gasteiger partial charge in [-0.3, -0.25) is 14.4 Å². The number of likely N-dealkylation sites (tertiary alicyclic amines) is 1. The van der Waals surface area contributed by atoms with Crippen LogP contribution >= 0.6 is 0 Å². The summed E-state index contributed by atoms with van der Waals surface area (Å²) < 4.78 is 5.34. The quantitative estimate of drug-likeness (QED) is 0.574. The average molecular weight is 443 g/mol. The van der Waals surface area contributed by atoms with Gasteiger partial charge in [0.15, 0.2) is 11.5 Å². The molecule has 2 aliphatic heterocycles. The average Bonchev–Trinajstić information content (AvgIpc) is 3.42. The van der Waals surface area contributed by atoms with Gasteiger partial charge in [-0.1, -0.05) is 54.6 Å². The number of nitrogens with zero attached hydrogens (tertiary/aromatic N) is 2. The monoisotopic (exact) mass is 442 g/mol. The molecule has 0 radical (unpaired) electrons. The van der Waals surface area contributed by atoms with E-state index in [0.29, 0.717) is 38.9 Å². The Balaban J connectivity index is 1.32. The summed E-state index contributed by atoms with van der Waals surface area (Å²) >= 11 is 0. The van der Waals surface area contributed by atoms with Crippen molar-refractivity contribution in [3.8, 4) is 0 Å². The Morgan fingerprint density at radius 2 is 1.52 bits per heavy atom. The number of Topliss-reactive ketones (excluding diaryl/α,β-unsaturated/α-hetero) is 1. The number of carbonyl (C=O) groups excluding carboxylic acids is 3. The van der Waals surface area contributed by atoms with Crippen LogP contribution < -0.4 is 0 Å². The van der Waals surface area contributed by atoms with Crippen LogP contribution in [0.1, 0.15) is 44.9 Å². The Morgan fingerprint density at radius 3 is 2.21 bits per heavy atom. The molecule has 168 valence electrons. The largest absolute Gasteiger partial charge is 0.459 e. The lowest BCUT2D eigenvalue weighted by Crippen LogP contribution is -2.55. The molecule has 0 N–H and O–H groups in total. The van der Waals surface area contributed by atoms with E-state index in [1.165, 1.54) is 6.26 Å². The highest BCUT2D eigenvalue weighted by Crippen LogP contribution is 2.28. The third-order valence-electron chi connectivity index (χ3n) is 6.76. The first kappa shape index (κ1) is 21.2. The van der Waals surface area contributed by atoms with Gasteiger partial charge in [-0.2, -0.15) is 0 Å². The Kier molecular flexibility index (Phi) is 5.82. The van der Waals surface area contributed by atoms with Gasteiger partial charge in [0.25, 0.3) is 5.91 Å². The Labute approximate surface area is 192 Å². The van der Waals surface area contributed by atoms with E-state index in [-0.39, 0.29) is 29.3 Å². The van der Waals surface area contributed by atoms with E-state index in [2.05, 4.69) is 0 Å². The van der Waals surface area contributed by atoms with Crippen molar-refractivity contribution < 1.29 is 18.8 Å². The summed E-state index contributed by atoms with van der Waals surface area (Å²) in [5.74, 6) is -0.0373. The first-order valence-corrected chi connectivity index (χ1v) is 11.4. The molecule has 2 amide bonds. The Morgan fingerprint density at radius 1 is 0.818 bits per heavy atom. The van der Waals surface area contributed by atoms with Crippen LogP contribution in [-0.4, -0.2) is 46.5 Å². The van der Waals surface area contributed by atoms with Gasteiger partial charge < -0.3 is 14.2 Å². The molecule has 33 heavy (non-hydrogen) atoms. The predicted octanol–water partition coefficient (Wildman–Crippen LogP) is 3.97. The van der Waals surface area contributed by atoms with Gasteiger partial charge in [0.05, 0.1) is 6.26 Å². The maximum absolute atomic E-state index is 13.6. The second-order valence-corrected chi connectivity index (χ2v) is 8.73. The van der Waals surface area contributed by atoms with Gasteiger partial charge in [0.1, 0.15) is 6.04 Å². The van der Waals surface area contributed by atoms with Crippen molar-refractivity contribution in [3.05, 3.63) is 95.4 Å². The summed E-state index contributed by atoms with van der Waals surface area (Å²) in [6.07, 6.45) is 3.21. The predicted molar refractivity (Wildman–Crippen MR) is 123 cm³/mol. The summed E-state index contributed by atoms with van der Waals surface area (Å²) in [5.41, 5.74) is 2.86. The fraction of sp³-hybridized carbons (Fsp3) is 0.296. The first-order valence-electron chi connectivity index (χ1n) is 11.4. The van der Waals surface area contributed by atoms with E-state index in [0.717, 1.165) is 16.7 Å². The minimum atomic E-state index is -0.584. The molecule has 0 saturated carbocycles. The highest BCUT2D eigenvalue weighted by atomic mass is 16.3. The molecule has 1 atom stereocenters. The number of rotatable bonds is 4. The van der Waals surface area contributed by atoms with Crippen molar-refractivity contribution in [2.24, 2.45) is 5.92 Å². The Hall–Kier alpha value is -3.67. The number of ketones is 1. The molecule has 1 saturated heterocycles. The van der Waals surface area contributed by atoms with Crippen molar-refractivity contribution in [1.29, 1.82) is 0 Å². The third kappa shape index (κ3) is 4.21. The zero-order valence-corrected chi connectivity index (χ0v) is 18.4. The molecule has 1 fully saturated rings. The molecule has 3 aromatic rings. The molecule has 0 aliphatic carbocycles. The Bertz CT molecular complexity index is 1150. The van der Waals surface area contributed by atoms with Crippen LogP contribution in [0, 0.1) is 5.92 Å². The molecule has 1 unspecified atom stereocenters. The summed E-state index contributed by atoms with van der Waals surface area (Å²) in [4.78, 5) is 43.1. The number of carbonyl (C=O) groups is 3. The molecular weight excluding hydrogens is 416 g/mol. The van der Waals surface area contributed by atoms with E-state index in [1.807, 2.05) is 59.5 Å². The van der Waals surface area contributed by atoms with Crippen molar-refractivity contribution >= 4 is 17.6 Å². The van der Waals surface area contributed by atoms with Crippen LogP contribution in [0.25, 0.3) is 0 Å². The zero-order valence-electron chi connectivity index (χ0n) is 18.4. The maximum atomic E-state index is 13.6. The minimum Gasteiger partial charge on any atom is -0.459 e. The van der Waals surface area contributed by atoms with Crippen LogP contribution in [0.5, 0.6) is 0 Å². The normalized spacial score (nSPS) is 18.6. The molecule has 5 rings (SSSR count). The highest BCUT2D eigenvalue weighted by Gasteiger charge is 2.39. The summed E-state index contributed by atoms with van der Waals surface area (Å²) in [6, 6.07) is 20.0. The van der Waals surface area contributed by atoms with E-state index < -0.39 is 6.04 Å². The van der Waals surface area contributed by atoms with Gasteiger partial charge in [0, 0.05) is 37.5 Å². The molecular formula is C27H26N2O4. The fourth-order valence-corrected chi connectivity index (χ4v) is 4.91. The van der Waals surface area contributed by atoms with E-state index in [1.54, 1.807) is 17.0 Å². The number of hydrogen-bond donors (Lipinski definition) is 0. The summed E-state index contributed by atoms with van der Waals surface area (Å²) in [6.45, 7) is 1.40. The third-order valence-corrected chi connectivity index (χ3v) is 6.76. The van der Waals surface area contributed by atoms with Crippen LogP contribution in [-0.2, 0) is 17.8 Å². The standard InChI is InChI=1S/C27H26N2O4/c30-25(19-7-2-1-3-8-19)20-12-14-28(15-13-20)26(31)23-17-21-9-4-5-10-22(21)18-29(23)27(32)24-11-6-16-33-24/h1-11,16,20,23H,12-15,17-18H2. The number of fused-ring (bicyclic) bond motifs is 1. The van der Waals surface area contributed by atoms with Crippen LogP contribution in [0.15, 0.2) is 77.4 Å². The van der Waals surface area contributed by atoms with Gasteiger partial charge in [0.2, 0.25) is 5.91 Å². The maximum Gasteiger partial charge on any atom is 0.290 e. The van der Waals surface area contributed by atoms with Gasteiger partial charge >= 0.3 is 0 Å². The molecule has 3 heterocycles. The van der Waals surface area contributed by atoms with Crippen LogP contribution in [0.4, 0.5) is 0 Å². The number of piperidine rings is 1. The topological polar surface area (TPSA) is 70.8 Å². The first-order chi connectivity index (χ1) is 16.1. The lowest BCUT2D eigenvalue weighted by atomic mass is 9.88. The smallest absolute Gasteiger partial charge is 0.290 e. The van der Waals surface area contributed by atoms with Crippen molar-refractivity contribution in [2.75, 3.05) is 13.1 Å². The molecule has 2 aliphatic rings. The van der Waals surface area contributed by atoms with Crippen LogP contribution in [0.2, 0.25) is 0 Å². The SMILES string of the molecule is O=C(c1ccccc1)C1CCN(C(=O)C2Cc3ccccc3CN2C(=O)c2ccco2)CC1. The number of benzene rings is 2. The van der Waals surface area contributed by atoms with E-state index >= 15 is 0 Å². The summed E-state index contributed by atoms with van der Waals surface area (Å²) in [7, 11) is 0. The molecule has 0 spiro atoms. The van der Waals surface area contributed by atoms with Gasteiger partial charge in [-0.15, -0.1) is 0 Å². The molecule has 2 aromatic carbocycles. The second kappa shape index (κ2) is 9.06. The lowest BCUT2D eigenvalue weighted by molar-refractivity contribution is -0.138. The molecule has 6 heteroatoms. The second-order valence-electron chi connectivity index (χ2n) is 8.73. The fourth-order valence-electron chi connectivity index (χ4n) is 4.91. The van der Waals surface area contributed by atoms with Crippen molar-refractivity contribution in [3.63, 3.8) is 0 Å². The zero-order chi connectivity index (χ0) is 22.8. The number of hydrogen-bond acceptors (Lipinski definition) is 4. The number of furan rings is 1.